The molecule has 3 fully saturated rings. The summed E-state index contributed by atoms with van der Waals surface area (Å²) in [6, 6.07) is 0.123. The number of piperidine rings is 1. The first kappa shape index (κ1) is 17.0. The molecule has 3 heterocycles. The Bertz CT molecular complexity index is 404. The van der Waals surface area contributed by atoms with Crippen LogP contribution >= 0.6 is 0 Å². The van der Waals surface area contributed by atoms with Gasteiger partial charge in [-0.25, -0.2) is 4.79 Å². The first-order valence-electron chi connectivity index (χ1n) is 9.05. The lowest BCUT2D eigenvalue weighted by Crippen LogP contribution is -2.57. The highest BCUT2D eigenvalue weighted by molar-refractivity contribution is 5.75. The molecule has 132 valence electrons. The summed E-state index contributed by atoms with van der Waals surface area (Å²) in [5.41, 5.74) is 0.0937. The summed E-state index contributed by atoms with van der Waals surface area (Å²) in [6.45, 7) is 7.11. The van der Waals surface area contributed by atoms with Crippen molar-refractivity contribution < 1.29 is 14.3 Å². The summed E-state index contributed by atoms with van der Waals surface area (Å²) >= 11 is 0. The molecular weight excluding hydrogens is 294 g/mol. The zero-order valence-corrected chi connectivity index (χ0v) is 14.6. The van der Waals surface area contributed by atoms with Crippen LogP contribution in [0.4, 0.5) is 4.79 Å². The average molecular weight is 325 g/mol. The summed E-state index contributed by atoms with van der Waals surface area (Å²) in [7, 11) is 2.17. The largest absolute Gasteiger partial charge is 0.379 e. The second kappa shape index (κ2) is 7.36. The maximum absolute atomic E-state index is 12.7. The molecule has 2 amide bonds. The van der Waals surface area contributed by atoms with Crippen LogP contribution in [0.25, 0.3) is 0 Å². The Balaban J connectivity index is 1.48. The molecule has 0 aromatic carbocycles. The number of nitrogens with zero attached hydrogens (tertiary/aromatic N) is 2. The van der Waals surface area contributed by atoms with Crippen molar-refractivity contribution in [2.24, 2.45) is 0 Å². The molecule has 1 N–H and O–H groups in total. The third-order valence-corrected chi connectivity index (χ3v) is 5.60. The third kappa shape index (κ3) is 3.98. The smallest absolute Gasteiger partial charge is 0.318 e. The van der Waals surface area contributed by atoms with E-state index in [2.05, 4.69) is 22.2 Å². The normalized spacial score (nSPS) is 29.1. The minimum absolute atomic E-state index is 0.0343. The van der Waals surface area contributed by atoms with Gasteiger partial charge in [0.2, 0.25) is 0 Å². The topological polar surface area (TPSA) is 54.0 Å². The standard InChI is InChI=1S/C17H31N3O3/c1-14(12-23-15-4-11-22-13-15)18-16(21)20-8-3-5-17(20)6-9-19(2)10-7-17/h14-15H,3-13H2,1-2H3,(H,18,21)/t14-,15-/m0/s1. The molecule has 0 unspecified atom stereocenters. The average Bonchev–Trinajstić information content (AvgIpc) is 3.18. The minimum atomic E-state index is 0.0343. The third-order valence-electron chi connectivity index (χ3n) is 5.60. The van der Waals surface area contributed by atoms with Gasteiger partial charge in [0.25, 0.3) is 0 Å². The van der Waals surface area contributed by atoms with E-state index >= 15 is 0 Å². The molecule has 0 bridgehead atoms. The van der Waals surface area contributed by atoms with Crippen LogP contribution in [0.15, 0.2) is 0 Å². The number of rotatable bonds is 4. The fourth-order valence-corrected chi connectivity index (χ4v) is 4.07. The molecule has 0 aromatic rings. The maximum Gasteiger partial charge on any atom is 0.318 e. The van der Waals surface area contributed by atoms with Crippen LogP contribution in [0.5, 0.6) is 0 Å². The molecule has 6 nitrogen and oxygen atoms in total. The molecular formula is C17H31N3O3. The number of hydrogen-bond acceptors (Lipinski definition) is 4. The fraction of sp³-hybridized carbons (Fsp3) is 0.941. The van der Waals surface area contributed by atoms with Crippen molar-refractivity contribution in [1.82, 2.24) is 15.1 Å². The van der Waals surface area contributed by atoms with Crippen LogP contribution in [0, 0.1) is 0 Å². The van der Waals surface area contributed by atoms with Gasteiger partial charge in [-0.2, -0.15) is 0 Å². The molecule has 0 aromatic heterocycles. The summed E-state index contributed by atoms with van der Waals surface area (Å²) in [5, 5.41) is 3.14. The number of amides is 2. The molecule has 3 aliphatic heterocycles. The van der Waals surface area contributed by atoms with Crippen LogP contribution in [0.1, 0.15) is 39.0 Å². The van der Waals surface area contributed by atoms with E-state index in [4.69, 9.17) is 9.47 Å². The van der Waals surface area contributed by atoms with E-state index in [9.17, 15) is 4.79 Å². The lowest BCUT2D eigenvalue weighted by molar-refractivity contribution is 0.0310. The number of carbonyl (C=O) groups excluding carboxylic acids is 1. The van der Waals surface area contributed by atoms with Crippen LogP contribution < -0.4 is 5.32 Å². The van der Waals surface area contributed by atoms with Gasteiger partial charge < -0.3 is 24.6 Å². The molecule has 3 rings (SSSR count). The predicted molar refractivity (Wildman–Crippen MR) is 88.6 cm³/mol. The molecule has 0 radical (unpaired) electrons. The Hall–Kier alpha value is -0.850. The zero-order chi connectivity index (χ0) is 16.3. The Morgan fingerprint density at radius 2 is 2.13 bits per heavy atom. The Kier molecular flexibility index (Phi) is 5.44. The first-order valence-corrected chi connectivity index (χ1v) is 9.05. The summed E-state index contributed by atoms with van der Waals surface area (Å²) in [4.78, 5) is 17.2. The molecule has 1 spiro atoms. The van der Waals surface area contributed by atoms with Crippen LogP contribution in [-0.2, 0) is 9.47 Å². The quantitative estimate of drug-likeness (QED) is 0.850. The van der Waals surface area contributed by atoms with Crippen LogP contribution in [0.2, 0.25) is 0 Å². The van der Waals surface area contributed by atoms with Gasteiger partial charge in [0.1, 0.15) is 0 Å². The van der Waals surface area contributed by atoms with E-state index in [1.165, 1.54) is 0 Å². The van der Waals surface area contributed by atoms with E-state index in [1.54, 1.807) is 0 Å². The Morgan fingerprint density at radius 1 is 1.35 bits per heavy atom. The first-order chi connectivity index (χ1) is 11.1. The Labute approximate surface area is 139 Å². The van der Waals surface area contributed by atoms with Gasteiger partial charge in [0, 0.05) is 31.8 Å². The summed E-state index contributed by atoms with van der Waals surface area (Å²) in [6.07, 6.45) is 5.63. The second-order valence-electron chi connectivity index (χ2n) is 7.45. The zero-order valence-electron chi connectivity index (χ0n) is 14.6. The van der Waals surface area contributed by atoms with Gasteiger partial charge in [-0.15, -0.1) is 0 Å². The van der Waals surface area contributed by atoms with Gasteiger partial charge in [-0.1, -0.05) is 0 Å². The Morgan fingerprint density at radius 3 is 2.83 bits per heavy atom. The lowest BCUT2D eigenvalue weighted by atomic mass is 9.85. The van der Waals surface area contributed by atoms with Gasteiger partial charge in [-0.3, -0.25) is 0 Å². The van der Waals surface area contributed by atoms with Crippen molar-refractivity contribution >= 4 is 6.03 Å². The van der Waals surface area contributed by atoms with Crippen LogP contribution in [0.3, 0.4) is 0 Å². The lowest BCUT2D eigenvalue weighted by Gasteiger charge is -2.44. The molecule has 23 heavy (non-hydrogen) atoms. The number of nitrogens with one attached hydrogen (secondary N) is 1. The fourth-order valence-electron chi connectivity index (χ4n) is 4.07. The molecule has 0 aliphatic carbocycles. The van der Waals surface area contributed by atoms with Gasteiger partial charge in [0.15, 0.2) is 0 Å². The van der Waals surface area contributed by atoms with Crippen molar-refractivity contribution in [1.29, 1.82) is 0 Å². The maximum atomic E-state index is 12.7. The monoisotopic (exact) mass is 325 g/mol. The highest BCUT2D eigenvalue weighted by Crippen LogP contribution is 2.38. The highest BCUT2D eigenvalue weighted by Gasteiger charge is 2.45. The minimum Gasteiger partial charge on any atom is -0.379 e. The van der Waals surface area contributed by atoms with Gasteiger partial charge >= 0.3 is 6.03 Å². The molecule has 3 aliphatic rings. The molecule has 0 saturated carbocycles. The number of urea groups is 1. The molecule has 2 atom stereocenters. The SMILES string of the molecule is C[C@@H](CO[C@H]1CCOC1)NC(=O)N1CCCC12CCN(C)CC2. The van der Waals surface area contributed by atoms with Gasteiger partial charge in [0.05, 0.1) is 25.4 Å². The molecule has 6 heteroatoms. The second-order valence-corrected chi connectivity index (χ2v) is 7.45. The van der Waals surface area contributed by atoms with Crippen molar-refractivity contribution in [3.05, 3.63) is 0 Å². The van der Waals surface area contributed by atoms with Crippen molar-refractivity contribution in [2.45, 2.75) is 56.7 Å². The number of hydrogen-bond donors (Lipinski definition) is 1. The number of likely N-dealkylation sites (tertiary alicyclic amines) is 2. The summed E-state index contributed by atoms with van der Waals surface area (Å²) < 4.78 is 11.1. The van der Waals surface area contributed by atoms with Crippen LogP contribution in [-0.4, -0.2) is 80.0 Å². The highest BCUT2D eigenvalue weighted by atomic mass is 16.5. The molecule has 3 saturated heterocycles. The summed E-state index contributed by atoms with van der Waals surface area (Å²) in [5.74, 6) is 0. The predicted octanol–water partition coefficient (Wildman–Crippen LogP) is 1.45. The van der Waals surface area contributed by atoms with Crippen molar-refractivity contribution in [2.75, 3.05) is 46.5 Å². The number of carbonyl (C=O) groups is 1. The van der Waals surface area contributed by atoms with E-state index in [0.717, 1.165) is 58.3 Å². The van der Waals surface area contributed by atoms with E-state index < -0.39 is 0 Å². The van der Waals surface area contributed by atoms with Crippen molar-refractivity contribution in [3.63, 3.8) is 0 Å². The van der Waals surface area contributed by atoms with Crippen molar-refractivity contribution in [3.8, 4) is 0 Å². The van der Waals surface area contributed by atoms with E-state index in [1.807, 2.05) is 6.92 Å². The van der Waals surface area contributed by atoms with E-state index in [-0.39, 0.29) is 23.7 Å². The van der Waals surface area contributed by atoms with E-state index in [0.29, 0.717) is 13.2 Å². The number of ether oxygens (including phenoxy) is 2. The van der Waals surface area contributed by atoms with Gasteiger partial charge in [-0.05, 0) is 46.1 Å².